The molecule has 2 N–H and O–H groups in total. The number of nitriles is 1. The second-order valence-corrected chi connectivity index (χ2v) is 11.4. The van der Waals surface area contributed by atoms with Crippen LogP contribution in [-0.2, 0) is 27.8 Å². The van der Waals surface area contributed by atoms with Crippen molar-refractivity contribution in [2.75, 3.05) is 17.6 Å². The summed E-state index contributed by atoms with van der Waals surface area (Å²) in [6, 6.07) is 7.45. The van der Waals surface area contributed by atoms with E-state index >= 15 is 0 Å². The Morgan fingerprint density at radius 2 is 1.53 bits per heavy atom. The van der Waals surface area contributed by atoms with Gasteiger partial charge in [-0.25, -0.2) is 8.42 Å². The van der Waals surface area contributed by atoms with Crippen LogP contribution in [0.2, 0.25) is 0 Å². The summed E-state index contributed by atoms with van der Waals surface area (Å²) in [5.41, 5.74) is -6.07. The van der Waals surface area contributed by atoms with Crippen LogP contribution < -0.4 is 5.32 Å². The number of hydrogen-bond donors (Lipinski definition) is 2. The van der Waals surface area contributed by atoms with Crippen LogP contribution in [0, 0.1) is 11.3 Å². The molecule has 0 bridgehead atoms. The number of anilines is 1. The standard InChI is InChI=1S/C22H22F6N2O3S/c1-19(2,3)34(32,33)13-20(31,15-5-4-6-16(9-15)21(23,24)25)12-30-17-8-7-14(11-29)18(10-17)22(26,27)28/h4-10,30-31H,12-13H2,1-3H3. The van der Waals surface area contributed by atoms with Crippen molar-refractivity contribution in [1.82, 2.24) is 0 Å². The quantitative estimate of drug-likeness (QED) is 0.530. The molecule has 1 unspecified atom stereocenters. The zero-order valence-corrected chi connectivity index (χ0v) is 19.2. The minimum Gasteiger partial charge on any atom is -0.382 e. The van der Waals surface area contributed by atoms with E-state index in [1.54, 1.807) is 0 Å². The van der Waals surface area contributed by atoms with Crippen LogP contribution in [0.1, 0.15) is 43.0 Å². The second kappa shape index (κ2) is 9.11. The average Bonchev–Trinajstić information content (AvgIpc) is 2.70. The van der Waals surface area contributed by atoms with Gasteiger partial charge in [0.1, 0.15) is 5.60 Å². The van der Waals surface area contributed by atoms with Crippen molar-refractivity contribution in [3.8, 4) is 6.07 Å². The number of benzene rings is 2. The molecule has 12 heteroatoms. The van der Waals surface area contributed by atoms with Gasteiger partial charge < -0.3 is 10.4 Å². The zero-order valence-electron chi connectivity index (χ0n) is 18.3. The highest BCUT2D eigenvalue weighted by atomic mass is 32.2. The van der Waals surface area contributed by atoms with Crippen molar-refractivity contribution in [3.05, 3.63) is 64.7 Å². The van der Waals surface area contributed by atoms with Crippen molar-refractivity contribution in [2.45, 2.75) is 43.5 Å². The molecule has 1 atom stereocenters. The van der Waals surface area contributed by atoms with Gasteiger partial charge in [-0.1, -0.05) is 12.1 Å². The Balaban J connectivity index is 2.54. The monoisotopic (exact) mass is 508 g/mol. The average molecular weight is 508 g/mol. The highest BCUT2D eigenvalue weighted by molar-refractivity contribution is 7.92. The molecule has 0 aromatic heterocycles. The van der Waals surface area contributed by atoms with E-state index in [0.717, 1.165) is 30.3 Å². The third kappa shape index (κ3) is 6.21. The van der Waals surface area contributed by atoms with Gasteiger partial charge in [0.15, 0.2) is 9.84 Å². The molecule has 5 nitrogen and oxygen atoms in total. The molecule has 0 aliphatic carbocycles. The molecule has 0 saturated carbocycles. The number of rotatable bonds is 6. The molecule has 0 saturated heterocycles. The molecule has 0 amide bonds. The van der Waals surface area contributed by atoms with Gasteiger partial charge in [0.25, 0.3) is 0 Å². The van der Waals surface area contributed by atoms with Crippen LogP contribution in [0.3, 0.4) is 0 Å². The highest BCUT2D eigenvalue weighted by Gasteiger charge is 2.42. The van der Waals surface area contributed by atoms with Gasteiger partial charge >= 0.3 is 12.4 Å². The molecule has 2 aromatic carbocycles. The summed E-state index contributed by atoms with van der Waals surface area (Å²) in [5.74, 6) is -1.000. The normalized spacial score (nSPS) is 14.9. The van der Waals surface area contributed by atoms with E-state index in [1.165, 1.54) is 26.8 Å². The van der Waals surface area contributed by atoms with Gasteiger partial charge in [0.2, 0.25) is 0 Å². The van der Waals surface area contributed by atoms with Gasteiger partial charge in [-0.2, -0.15) is 31.6 Å². The first-order valence-electron chi connectivity index (χ1n) is 9.78. The first kappa shape index (κ1) is 27.5. The molecule has 0 aliphatic heterocycles. The summed E-state index contributed by atoms with van der Waals surface area (Å²) in [5, 5.41) is 22.7. The van der Waals surface area contributed by atoms with Gasteiger partial charge in [0, 0.05) is 12.2 Å². The molecule has 2 rings (SSSR count). The molecule has 0 fully saturated rings. The summed E-state index contributed by atoms with van der Waals surface area (Å²) in [6.07, 6.45) is -9.64. The van der Waals surface area contributed by atoms with Crippen molar-refractivity contribution in [2.24, 2.45) is 0 Å². The Kier molecular flexibility index (Phi) is 7.36. The minimum atomic E-state index is -4.87. The summed E-state index contributed by atoms with van der Waals surface area (Å²) in [6.45, 7) is 3.31. The number of sulfone groups is 1. The van der Waals surface area contributed by atoms with Crippen LogP contribution in [0.15, 0.2) is 42.5 Å². The van der Waals surface area contributed by atoms with Crippen molar-refractivity contribution >= 4 is 15.5 Å². The van der Waals surface area contributed by atoms with Gasteiger partial charge in [0.05, 0.1) is 33.3 Å². The van der Waals surface area contributed by atoms with E-state index in [9.17, 15) is 39.9 Å². The topological polar surface area (TPSA) is 90.2 Å². The Hall–Kier alpha value is -2.78. The number of aliphatic hydroxyl groups is 1. The summed E-state index contributed by atoms with van der Waals surface area (Å²) < 4.78 is 104. The molecule has 0 heterocycles. The van der Waals surface area contributed by atoms with Gasteiger partial charge in [-0.05, 0) is 56.7 Å². The Bertz CT molecular complexity index is 1190. The maximum Gasteiger partial charge on any atom is 0.417 e. The van der Waals surface area contributed by atoms with E-state index in [-0.39, 0.29) is 11.3 Å². The summed E-state index contributed by atoms with van der Waals surface area (Å²) >= 11 is 0. The zero-order chi connectivity index (χ0) is 26.2. The lowest BCUT2D eigenvalue weighted by Gasteiger charge is -2.33. The van der Waals surface area contributed by atoms with E-state index < -0.39 is 61.5 Å². The van der Waals surface area contributed by atoms with Crippen LogP contribution in [0.5, 0.6) is 0 Å². The Morgan fingerprint density at radius 3 is 2.03 bits per heavy atom. The van der Waals surface area contributed by atoms with Crippen LogP contribution in [0.4, 0.5) is 32.0 Å². The van der Waals surface area contributed by atoms with Gasteiger partial charge in [-0.3, -0.25) is 0 Å². The van der Waals surface area contributed by atoms with Crippen molar-refractivity contribution < 1.29 is 39.9 Å². The largest absolute Gasteiger partial charge is 0.417 e. The smallest absolute Gasteiger partial charge is 0.382 e. The highest BCUT2D eigenvalue weighted by Crippen LogP contribution is 2.36. The fourth-order valence-electron chi connectivity index (χ4n) is 2.99. The fourth-order valence-corrected chi connectivity index (χ4v) is 4.32. The lowest BCUT2D eigenvalue weighted by Crippen LogP contribution is -2.45. The summed E-state index contributed by atoms with van der Waals surface area (Å²) in [7, 11) is -4.09. The molecule has 0 spiro atoms. The lowest BCUT2D eigenvalue weighted by atomic mass is 9.93. The van der Waals surface area contributed by atoms with E-state index in [1.807, 2.05) is 0 Å². The number of hydrogen-bond acceptors (Lipinski definition) is 5. The third-order valence-corrected chi connectivity index (χ3v) is 7.84. The molecule has 2 aromatic rings. The van der Waals surface area contributed by atoms with E-state index in [4.69, 9.17) is 5.26 Å². The predicted molar refractivity (Wildman–Crippen MR) is 114 cm³/mol. The number of alkyl halides is 6. The molecule has 0 aliphatic rings. The molecular weight excluding hydrogens is 486 g/mol. The lowest BCUT2D eigenvalue weighted by molar-refractivity contribution is -0.138. The molecule has 186 valence electrons. The van der Waals surface area contributed by atoms with Crippen LogP contribution in [0.25, 0.3) is 0 Å². The SMILES string of the molecule is CC(C)(C)S(=O)(=O)CC(O)(CNc1ccc(C#N)c(C(F)(F)F)c1)c1cccc(C(F)(F)F)c1. The van der Waals surface area contributed by atoms with Crippen molar-refractivity contribution in [1.29, 1.82) is 5.26 Å². The maximum absolute atomic E-state index is 13.3. The Labute approximate surface area is 192 Å². The van der Waals surface area contributed by atoms with Crippen molar-refractivity contribution in [3.63, 3.8) is 0 Å². The van der Waals surface area contributed by atoms with Gasteiger partial charge in [-0.15, -0.1) is 0 Å². The number of nitrogens with one attached hydrogen (secondary N) is 1. The first-order valence-corrected chi connectivity index (χ1v) is 11.4. The number of halogens is 6. The first-order chi connectivity index (χ1) is 15.3. The Morgan fingerprint density at radius 1 is 0.941 bits per heavy atom. The number of nitrogens with zero attached hydrogens (tertiary/aromatic N) is 1. The minimum absolute atomic E-state index is 0.218. The van der Waals surface area contributed by atoms with E-state index in [2.05, 4.69) is 5.32 Å². The third-order valence-electron chi connectivity index (χ3n) is 5.12. The van der Waals surface area contributed by atoms with Crippen LogP contribution in [-0.4, -0.2) is 30.6 Å². The predicted octanol–water partition coefficient (Wildman–Crippen LogP) is 5.11. The molecule has 34 heavy (non-hydrogen) atoms. The second-order valence-electron chi connectivity index (χ2n) is 8.71. The van der Waals surface area contributed by atoms with Crippen LogP contribution >= 0.6 is 0 Å². The molecular formula is C22H22F6N2O3S. The fraction of sp³-hybridized carbons (Fsp3) is 0.409. The summed E-state index contributed by atoms with van der Waals surface area (Å²) in [4.78, 5) is 0. The molecule has 0 radical (unpaired) electrons. The van der Waals surface area contributed by atoms with E-state index in [0.29, 0.717) is 12.1 Å². The maximum atomic E-state index is 13.3.